The molecular weight excluding hydrogens is 153 g/mol. The zero-order valence-corrected chi connectivity index (χ0v) is 7.45. The van der Waals surface area contributed by atoms with Gasteiger partial charge in [0, 0.05) is 6.04 Å². The summed E-state index contributed by atoms with van der Waals surface area (Å²) in [7, 11) is -1.17. The normalized spacial score (nSPS) is 12.6. The summed E-state index contributed by atoms with van der Waals surface area (Å²) in [5, 5.41) is 17.1. The molecule has 0 saturated heterocycles. The highest BCUT2D eigenvalue weighted by atomic mass is 16.4. The molecular formula is C8H18BNO2. The summed E-state index contributed by atoms with van der Waals surface area (Å²) >= 11 is 0. The van der Waals surface area contributed by atoms with Crippen molar-refractivity contribution in [1.82, 2.24) is 0 Å². The molecule has 0 aliphatic carbocycles. The number of nitrogens with two attached hydrogens (primary N) is 1. The van der Waals surface area contributed by atoms with E-state index in [4.69, 9.17) is 15.8 Å². The van der Waals surface area contributed by atoms with Crippen LogP contribution in [0.25, 0.3) is 0 Å². The standard InChI is InChI=1S/C8H18BNO2/c1-2-5-8(10)6-3-4-7-9(11)12/h2,8,11-12H,1,3-7,10H2/t8-/m0/s1. The number of hydrogen-bond donors (Lipinski definition) is 3. The first-order chi connectivity index (χ1) is 5.66. The van der Waals surface area contributed by atoms with E-state index in [1.165, 1.54) is 0 Å². The Morgan fingerprint density at radius 1 is 1.42 bits per heavy atom. The average molecular weight is 171 g/mol. The Morgan fingerprint density at radius 2 is 2.08 bits per heavy atom. The molecule has 0 aromatic carbocycles. The molecule has 0 unspecified atom stereocenters. The van der Waals surface area contributed by atoms with Crippen molar-refractivity contribution in [2.24, 2.45) is 5.73 Å². The maximum atomic E-state index is 8.53. The van der Waals surface area contributed by atoms with Crippen LogP contribution in [-0.4, -0.2) is 23.2 Å². The van der Waals surface area contributed by atoms with Crippen LogP contribution < -0.4 is 5.73 Å². The molecule has 0 fully saturated rings. The van der Waals surface area contributed by atoms with Gasteiger partial charge in [-0.3, -0.25) is 0 Å². The molecule has 0 bridgehead atoms. The Hall–Kier alpha value is -0.315. The molecule has 0 amide bonds. The molecule has 4 N–H and O–H groups in total. The van der Waals surface area contributed by atoms with Gasteiger partial charge in [0.1, 0.15) is 0 Å². The lowest BCUT2D eigenvalue weighted by atomic mass is 9.83. The first-order valence-electron chi connectivity index (χ1n) is 4.39. The van der Waals surface area contributed by atoms with Crippen LogP contribution in [0.5, 0.6) is 0 Å². The van der Waals surface area contributed by atoms with Crippen molar-refractivity contribution >= 4 is 7.12 Å². The fraction of sp³-hybridized carbons (Fsp3) is 0.750. The lowest BCUT2D eigenvalue weighted by molar-refractivity contribution is 0.400. The van der Waals surface area contributed by atoms with E-state index in [-0.39, 0.29) is 6.04 Å². The minimum atomic E-state index is -1.17. The summed E-state index contributed by atoms with van der Waals surface area (Å²) in [6, 6.07) is 0.179. The van der Waals surface area contributed by atoms with E-state index in [9.17, 15) is 0 Å². The zero-order chi connectivity index (χ0) is 9.40. The maximum Gasteiger partial charge on any atom is 0.451 e. The number of rotatable bonds is 7. The van der Waals surface area contributed by atoms with Crippen molar-refractivity contribution < 1.29 is 10.0 Å². The minimum Gasteiger partial charge on any atom is -0.427 e. The topological polar surface area (TPSA) is 66.5 Å². The van der Waals surface area contributed by atoms with Crippen LogP contribution in [0.15, 0.2) is 12.7 Å². The van der Waals surface area contributed by atoms with Gasteiger partial charge in [-0.1, -0.05) is 18.9 Å². The molecule has 0 saturated carbocycles. The SMILES string of the molecule is C=CC[C@H](N)CCCCB(O)O. The second-order valence-electron chi connectivity index (χ2n) is 3.05. The van der Waals surface area contributed by atoms with Crippen LogP contribution in [-0.2, 0) is 0 Å². The van der Waals surface area contributed by atoms with Gasteiger partial charge in [-0.2, -0.15) is 0 Å². The highest BCUT2D eigenvalue weighted by molar-refractivity contribution is 6.40. The van der Waals surface area contributed by atoms with E-state index in [1.807, 2.05) is 6.08 Å². The molecule has 4 heteroatoms. The molecule has 0 radical (unpaired) electrons. The molecule has 0 rings (SSSR count). The van der Waals surface area contributed by atoms with Gasteiger partial charge in [0.05, 0.1) is 0 Å². The van der Waals surface area contributed by atoms with Gasteiger partial charge >= 0.3 is 7.12 Å². The molecule has 1 atom stereocenters. The van der Waals surface area contributed by atoms with Crippen molar-refractivity contribution in [1.29, 1.82) is 0 Å². The Morgan fingerprint density at radius 3 is 2.58 bits per heavy atom. The van der Waals surface area contributed by atoms with Crippen LogP contribution in [0.1, 0.15) is 25.7 Å². The first kappa shape index (κ1) is 11.7. The highest BCUT2D eigenvalue weighted by Gasteiger charge is 2.06. The lowest BCUT2D eigenvalue weighted by Crippen LogP contribution is -2.18. The van der Waals surface area contributed by atoms with Gasteiger partial charge in [-0.15, -0.1) is 6.58 Å². The summed E-state index contributed by atoms with van der Waals surface area (Å²) in [4.78, 5) is 0. The second-order valence-corrected chi connectivity index (χ2v) is 3.05. The summed E-state index contributed by atoms with van der Waals surface area (Å²) in [6.07, 6.45) is 5.79. The fourth-order valence-electron chi connectivity index (χ4n) is 1.07. The average Bonchev–Trinajstić information content (AvgIpc) is 1.98. The summed E-state index contributed by atoms with van der Waals surface area (Å²) in [6.45, 7) is 3.60. The second kappa shape index (κ2) is 7.34. The summed E-state index contributed by atoms with van der Waals surface area (Å²) in [5.74, 6) is 0. The zero-order valence-electron chi connectivity index (χ0n) is 7.45. The van der Waals surface area contributed by atoms with Gasteiger partial charge in [0.25, 0.3) is 0 Å². The molecule has 0 aromatic rings. The summed E-state index contributed by atoms with van der Waals surface area (Å²) in [5.41, 5.74) is 5.70. The minimum absolute atomic E-state index is 0.179. The van der Waals surface area contributed by atoms with Gasteiger partial charge in [-0.25, -0.2) is 0 Å². The molecule has 0 aromatic heterocycles. The van der Waals surface area contributed by atoms with E-state index in [1.54, 1.807) is 0 Å². The van der Waals surface area contributed by atoms with Crippen LogP contribution in [0, 0.1) is 0 Å². The van der Waals surface area contributed by atoms with Crippen molar-refractivity contribution in [3.63, 3.8) is 0 Å². The van der Waals surface area contributed by atoms with Gasteiger partial charge in [0.15, 0.2) is 0 Å². The Labute approximate surface area is 74.4 Å². The lowest BCUT2D eigenvalue weighted by Gasteiger charge is -2.07. The largest absolute Gasteiger partial charge is 0.451 e. The predicted octanol–water partition coefficient (Wildman–Crippen LogP) is 0.533. The van der Waals surface area contributed by atoms with E-state index in [0.29, 0.717) is 6.32 Å². The predicted molar refractivity (Wildman–Crippen MR) is 51.6 cm³/mol. The van der Waals surface area contributed by atoms with E-state index in [2.05, 4.69) is 6.58 Å². The third-order valence-corrected chi connectivity index (χ3v) is 1.76. The number of unbranched alkanes of at least 4 members (excludes halogenated alkanes) is 1. The molecule has 70 valence electrons. The van der Waals surface area contributed by atoms with Crippen molar-refractivity contribution in [2.45, 2.75) is 38.0 Å². The molecule has 0 heterocycles. The monoisotopic (exact) mass is 171 g/mol. The molecule has 0 aliphatic heterocycles. The Balaban J connectivity index is 3.13. The quantitative estimate of drug-likeness (QED) is 0.297. The smallest absolute Gasteiger partial charge is 0.427 e. The molecule has 3 nitrogen and oxygen atoms in total. The van der Waals surface area contributed by atoms with Crippen LogP contribution in [0.4, 0.5) is 0 Å². The third-order valence-electron chi connectivity index (χ3n) is 1.76. The van der Waals surface area contributed by atoms with Crippen LogP contribution in [0.2, 0.25) is 6.32 Å². The summed E-state index contributed by atoms with van der Waals surface area (Å²) < 4.78 is 0. The Kier molecular flexibility index (Phi) is 7.15. The van der Waals surface area contributed by atoms with Gasteiger partial charge in [-0.05, 0) is 19.2 Å². The van der Waals surface area contributed by atoms with E-state index in [0.717, 1.165) is 25.7 Å². The van der Waals surface area contributed by atoms with E-state index < -0.39 is 7.12 Å². The fourth-order valence-corrected chi connectivity index (χ4v) is 1.07. The van der Waals surface area contributed by atoms with Crippen molar-refractivity contribution in [2.75, 3.05) is 0 Å². The Bertz CT molecular complexity index is 120. The molecule has 12 heavy (non-hydrogen) atoms. The first-order valence-corrected chi connectivity index (χ1v) is 4.39. The van der Waals surface area contributed by atoms with E-state index >= 15 is 0 Å². The number of hydrogen-bond acceptors (Lipinski definition) is 3. The van der Waals surface area contributed by atoms with Gasteiger partial charge < -0.3 is 15.8 Å². The van der Waals surface area contributed by atoms with Crippen molar-refractivity contribution in [3.8, 4) is 0 Å². The van der Waals surface area contributed by atoms with Crippen LogP contribution >= 0.6 is 0 Å². The molecule has 0 aliphatic rings. The molecule has 0 spiro atoms. The highest BCUT2D eigenvalue weighted by Crippen LogP contribution is 2.05. The van der Waals surface area contributed by atoms with Crippen LogP contribution in [0.3, 0.4) is 0 Å². The third kappa shape index (κ3) is 7.79. The van der Waals surface area contributed by atoms with Gasteiger partial charge in [0.2, 0.25) is 0 Å². The van der Waals surface area contributed by atoms with Crippen molar-refractivity contribution in [3.05, 3.63) is 12.7 Å². The maximum absolute atomic E-state index is 8.53.